The molecule has 5 nitrogen and oxygen atoms in total. The van der Waals surface area contributed by atoms with Crippen LogP contribution in [-0.4, -0.2) is 58.5 Å². The van der Waals surface area contributed by atoms with E-state index in [1.165, 1.54) is 19.4 Å². The van der Waals surface area contributed by atoms with Crippen LogP contribution in [0.5, 0.6) is 0 Å². The number of amides is 1. The average Bonchev–Trinajstić information content (AvgIpc) is 3.20. The topological polar surface area (TPSA) is 65.4 Å². The number of nitrogens with zero attached hydrogens (tertiary/aromatic N) is 2. The van der Waals surface area contributed by atoms with E-state index >= 15 is 0 Å². The van der Waals surface area contributed by atoms with Crippen LogP contribution in [0, 0.1) is 0 Å². The summed E-state index contributed by atoms with van der Waals surface area (Å²) in [7, 11) is 0. The van der Waals surface area contributed by atoms with Crippen LogP contribution in [0.3, 0.4) is 0 Å². The summed E-state index contributed by atoms with van der Waals surface area (Å²) in [6.45, 7) is 5.14. The van der Waals surface area contributed by atoms with Crippen LogP contribution < -0.4 is 5.73 Å². The lowest BCUT2D eigenvalue weighted by atomic mass is 10.0. The first-order chi connectivity index (χ1) is 11.6. The maximum absolute atomic E-state index is 12.9. The van der Waals surface area contributed by atoms with Gasteiger partial charge in [-0.2, -0.15) is 0 Å². The number of carbonyl (C=O) groups is 1. The molecule has 1 aromatic heterocycles. The Hall–Kier alpha value is -1.85. The van der Waals surface area contributed by atoms with Crippen molar-refractivity contribution < 1.29 is 4.79 Å². The molecule has 3 N–H and O–H groups in total. The molecule has 5 heteroatoms. The molecule has 0 aliphatic carbocycles. The van der Waals surface area contributed by atoms with Gasteiger partial charge in [-0.1, -0.05) is 18.2 Å². The normalized spacial score (nSPS) is 25.8. The zero-order chi connectivity index (χ0) is 16.7. The second kappa shape index (κ2) is 6.22. The van der Waals surface area contributed by atoms with Gasteiger partial charge >= 0.3 is 0 Å². The molecule has 2 saturated heterocycles. The van der Waals surface area contributed by atoms with E-state index in [1.807, 2.05) is 29.3 Å². The highest BCUT2D eigenvalue weighted by Gasteiger charge is 2.37. The monoisotopic (exact) mass is 326 g/mol. The lowest BCUT2D eigenvalue weighted by Gasteiger charge is -2.43. The molecule has 3 atom stereocenters. The molecule has 24 heavy (non-hydrogen) atoms. The second-order valence-electron chi connectivity index (χ2n) is 7.30. The predicted octanol–water partition coefficient (Wildman–Crippen LogP) is 1.73. The standard InChI is InChI=1S/C19H26N4O/c1-13-11-22-8-4-5-15(22)12-23(13)19(24)17(20)9-14-10-21-18-7-3-2-6-16(14)18/h2-3,6-7,10,13,15,17,21H,4-5,8-9,11-12,20H2,1H3/t13?,15?,17-/m0/s1. The second-order valence-corrected chi connectivity index (χ2v) is 7.30. The van der Waals surface area contributed by atoms with Crippen LogP contribution in [0.1, 0.15) is 25.3 Å². The van der Waals surface area contributed by atoms with Gasteiger partial charge in [-0.3, -0.25) is 9.69 Å². The van der Waals surface area contributed by atoms with Crippen molar-refractivity contribution in [2.75, 3.05) is 19.6 Å². The third kappa shape index (κ3) is 2.72. The zero-order valence-corrected chi connectivity index (χ0v) is 14.2. The highest BCUT2D eigenvalue weighted by Crippen LogP contribution is 2.25. The fraction of sp³-hybridized carbons (Fsp3) is 0.526. The Labute approximate surface area is 142 Å². The third-order valence-corrected chi connectivity index (χ3v) is 5.65. The van der Waals surface area contributed by atoms with Crippen molar-refractivity contribution in [3.8, 4) is 0 Å². The van der Waals surface area contributed by atoms with Crippen LogP contribution in [-0.2, 0) is 11.2 Å². The molecular weight excluding hydrogens is 300 g/mol. The Kier molecular flexibility index (Phi) is 4.06. The summed E-state index contributed by atoms with van der Waals surface area (Å²) in [6.07, 6.45) is 5.02. The number of aromatic amines is 1. The van der Waals surface area contributed by atoms with Crippen molar-refractivity contribution in [1.82, 2.24) is 14.8 Å². The van der Waals surface area contributed by atoms with Gasteiger partial charge in [0, 0.05) is 42.3 Å². The number of para-hydroxylation sites is 1. The van der Waals surface area contributed by atoms with E-state index in [0.717, 1.165) is 29.6 Å². The van der Waals surface area contributed by atoms with E-state index in [-0.39, 0.29) is 11.9 Å². The van der Waals surface area contributed by atoms with Gasteiger partial charge in [0.1, 0.15) is 0 Å². The lowest BCUT2D eigenvalue weighted by molar-refractivity contribution is -0.138. The number of piperazine rings is 1. The maximum Gasteiger partial charge on any atom is 0.240 e. The lowest BCUT2D eigenvalue weighted by Crippen LogP contribution is -2.60. The fourth-order valence-corrected chi connectivity index (χ4v) is 4.33. The molecule has 128 valence electrons. The Balaban J connectivity index is 1.47. The number of nitrogens with one attached hydrogen (secondary N) is 1. The minimum absolute atomic E-state index is 0.0966. The van der Waals surface area contributed by atoms with Crippen LogP contribution in [0.25, 0.3) is 10.9 Å². The maximum atomic E-state index is 12.9. The SMILES string of the molecule is CC1CN2CCCC2CN1C(=O)[C@@H](N)Cc1c[nH]c2ccccc12. The molecule has 1 amide bonds. The Morgan fingerprint density at radius 1 is 1.38 bits per heavy atom. The third-order valence-electron chi connectivity index (χ3n) is 5.65. The molecule has 2 aliphatic heterocycles. The summed E-state index contributed by atoms with van der Waals surface area (Å²) >= 11 is 0. The summed E-state index contributed by atoms with van der Waals surface area (Å²) in [5.74, 6) is 0.0966. The molecule has 2 aliphatic rings. The van der Waals surface area contributed by atoms with Crippen molar-refractivity contribution in [3.05, 3.63) is 36.0 Å². The van der Waals surface area contributed by atoms with Crippen LogP contribution in [0.4, 0.5) is 0 Å². The molecule has 0 radical (unpaired) electrons. The number of rotatable bonds is 3. The van der Waals surface area contributed by atoms with Gasteiger partial charge in [-0.15, -0.1) is 0 Å². The van der Waals surface area contributed by atoms with Gasteiger partial charge in [0.05, 0.1) is 6.04 Å². The molecule has 3 heterocycles. The largest absolute Gasteiger partial charge is 0.361 e. The zero-order valence-electron chi connectivity index (χ0n) is 14.2. The van der Waals surface area contributed by atoms with Gasteiger partial charge in [-0.05, 0) is 44.4 Å². The molecule has 0 bridgehead atoms. The average molecular weight is 326 g/mol. The molecule has 4 rings (SSSR count). The van der Waals surface area contributed by atoms with Gasteiger partial charge in [-0.25, -0.2) is 0 Å². The first kappa shape index (κ1) is 15.7. The molecule has 2 fully saturated rings. The Morgan fingerprint density at radius 3 is 3.08 bits per heavy atom. The number of hydrogen-bond acceptors (Lipinski definition) is 3. The first-order valence-corrected chi connectivity index (χ1v) is 8.98. The molecule has 0 spiro atoms. The molecule has 1 aromatic carbocycles. The molecule has 2 aromatic rings. The van der Waals surface area contributed by atoms with Crippen molar-refractivity contribution in [1.29, 1.82) is 0 Å². The van der Waals surface area contributed by atoms with Gasteiger partial charge in [0.25, 0.3) is 0 Å². The number of aromatic nitrogens is 1. The van der Waals surface area contributed by atoms with E-state index in [0.29, 0.717) is 12.5 Å². The molecular formula is C19H26N4O. The van der Waals surface area contributed by atoms with Crippen molar-refractivity contribution in [2.24, 2.45) is 5.73 Å². The van der Waals surface area contributed by atoms with Crippen molar-refractivity contribution in [2.45, 2.75) is 44.3 Å². The molecule has 0 saturated carbocycles. The summed E-state index contributed by atoms with van der Waals surface area (Å²) in [5, 5.41) is 1.16. The molecule has 2 unspecified atom stereocenters. The van der Waals surface area contributed by atoms with Crippen LogP contribution >= 0.6 is 0 Å². The van der Waals surface area contributed by atoms with Gasteiger partial charge < -0.3 is 15.6 Å². The highest BCUT2D eigenvalue weighted by atomic mass is 16.2. The summed E-state index contributed by atoms with van der Waals surface area (Å²) in [5.41, 5.74) is 8.53. The quantitative estimate of drug-likeness (QED) is 0.903. The van der Waals surface area contributed by atoms with E-state index in [1.54, 1.807) is 0 Å². The van der Waals surface area contributed by atoms with E-state index in [2.05, 4.69) is 22.9 Å². The predicted molar refractivity (Wildman–Crippen MR) is 95.7 cm³/mol. The van der Waals surface area contributed by atoms with Crippen LogP contribution in [0.15, 0.2) is 30.5 Å². The number of hydrogen-bond donors (Lipinski definition) is 2. The highest BCUT2D eigenvalue weighted by molar-refractivity contribution is 5.86. The van der Waals surface area contributed by atoms with Crippen LogP contribution in [0.2, 0.25) is 0 Å². The van der Waals surface area contributed by atoms with Gasteiger partial charge in [0.15, 0.2) is 0 Å². The summed E-state index contributed by atoms with van der Waals surface area (Å²) in [6, 6.07) is 8.47. The van der Waals surface area contributed by atoms with Gasteiger partial charge in [0.2, 0.25) is 5.91 Å². The first-order valence-electron chi connectivity index (χ1n) is 8.98. The van der Waals surface area contributed by atoms with Crippen molar-refractivity contribution in [3.63, 3.8) is 0 Å². The Morgan fingerprint density at radius 2 is 2.21 bits per heavy atom. The number of H-pyrrole nitrogens is 1. The number of benzene rings is 1. The summed E-state index contributed by atoms with van der Waals surface area (Å²) in [4.78, 5) is 20.7. The van der Waals surface area contributed by atoms with E-state index in [4.69, 9.17) is 5.73 Å². The fourth-order valence-electron chi connectivity index (χ4n) is 4.33. The Bertz CT molecular complexity index is 740. The number of fused-ring (bicyclic) bond motifs is 2. The number of nitrogens with two attached hydrogens (primary N) is 1. The van der Waals surface area contributed by atoms with E-state index in [9.17, 15) is 4.79 Å². The minimum atomic E-state index is -0.473. The number of carbonyl (C=O) groups excluding carboxylic acids is 1. The minimum Gasteiger partial charge on any atom is -0.361 e. The van der Waals surface area contributed by atoms with Crippen molar-refractivity contribution >= 4 is 16.8 Å². The smallest absolute Gasteiger partial charge is 0.240 e. The van der Waals surface area contributed by atoms with E-state index < -0.39 is 6.04 Å². The summed E-state index contributed by atoms with van der Waals surface area (Å²) < 4.78 is 0.